The van der Waals surface area contributed by atoms with Crippen molar-refractivity contribution >= 4 is 27.6 Å². The number of carboxylic acids is 1. The highest BCUT2D eigenvalue weighted by atomic mass is 35.5. The van der Waals surface area contributed by atoms with Gasteiger partial charge < -0.3 is 5.11 Å². The van der Waals surface area contributed by atoms with Crippen LogP contribution in [0.25, 0.3) is 0 Å². The van der Waals surface area contributed by atoms with Crippen molar-refractivity contribution in [2.45, 2.75) is 19.9 Å². The number of nitrogens with one attached hydrogen (secondary N) is 1. The van der Waals surface area contributed by atoms with Crippen LogP contribution in [0.5, 0.6) is 0 Å². The molecule has 1 aromatic carbocycles. The Morgan fingerprint density at radius 3 is 2.26 bits per heavy atom. The van der Waals surface area contributed by atoms with Crippen LogP contribution in [0, 0.1) is 5.92 Å². The molecular weight excluding hydrogens is 290 g/mol. The van der Waals surface area contributed by atoms with Gasteiger partial charge in [0.2, 0.25) is 10.0 Å². The first-order valence-corrected chi connectivity index (χ1v) is 7.71. The van der Waals surface area contributed by atoms with Gasteiger partial charge in [0.15, 0.2) is 5.75 Å². The molecule has 1 rings (SSSR count). The quantitative estimate of drug-likeness (QED) is 0.842. The zero-order chi connectivity index (χ0) is 14.6. The number of carboxylic acid groups (broad SMARTS) is 1. The average molecular weight is 306 g/mol. The normalized spacial score (nSPS) is 13.5. The molecule has 0 spiro atoms. The van der Waals surface area contributed by atoms with Gasteiger partial charge in [0.05, 0.1) is 0 Å². The van der Waals surface area contributed by atoms with Crippen molar-refractivity contribution in [3.05, 3.63) is 34.9 Å². The lowest BCUT2D eigenvalue weighted by atomic mass is 9.97. The van der Waals surface area contributed by atoms with Gasteiger partial charge in [-0.15, -0.1) is 0 Å². The highest BCUT2D eigenvalue weighted by Crippen LogP contribution is 2.24. The molecule has 0 aliphatic rings. The molecule has 2 N–H and O–H groups in total. The Morgan fingerprint density at radius 2 is 1.84 bits per heavy atom. The first-order chi connectivity index (χ1) is 8.71. The molecule has 0 aromatic heterocycles. The summed E-state index contributed by atoms with van der Waals surface area (Å²) in [7, 11) is -3.87. The van der Waals surface area contributed by atoms with E-state index in [1.165, 1.54) is 0 Å². The summed E-state index contributed by atoms with van der Waals surface area (Å²) >= 11 is 5.78. The lowest BCUT2D eigenvalue weighted by Gasteiger charge is -2.22. The van der Waals surface area contributed by atoms with E-state index in [1.807, 2.05) is 13.8 Å². The molecule has 0 fully saturated rings. The summed E-state index contributed by atoms with van der Waals surface area (Å²) in [6.07, 6.45) is 0. The van der Waals surface area contributed by atoms with Gasteiger partial charge in [0.1, 0.15) is 0 Å². The van der Waals surface area contributed by atoms with Crippen molar-refractivity contribution in [3.63, 3.8) is 0 Å². The third kappa shape index (κ3) is 5.18. The maximum atomic E-state index is 11.7. The molecule has 1 atom stereocenters. The van der Waals surface area contributed by atoms with Gasteiger partial charge >= 0.3 is 5.97 Å². The van der Waals surface area contributed by atoms with Crippen LogP contribution in [0.4, 0.5) is 0 Å². The van der Waals surface area contributed by atoms with Crippen LogP contribution in [-0.2, 0) is 14.8 Å². The van der Waals surface area contributed by atoms with Crippen molar-refractivity contribution in [1.82, 2.24) is 4.72 Å². The SMILES string of the molecule is CC(C)C(NS(=O)(=O)CC(=O)O)c1ccc(Cl)cc1. The van der Waals surface area contributed by atoms with Crippen molar-refractivity contribution in [3.8, 4) is 0 Å². The molecule has 19 heavy (non-hydrogen) atoms. The second kappa shape index (κ2) is 6.36. The molecule has 0 heterocycles. The number of benzene rings is 1. The summed E-state index contributed by atoms with van der Waals surface area (Å²) in [5.41, 5.74) is 0.744. The number of aliphatic carboxylic acids is 1. The van der Waals surface area contributed by atoms with E-state index in [2.05, 4.69) is 4.72 Å². The number of sulfonamides is 1. The number of hydrogen-bond acceptors (Lipinski definition) is 3. The Kier molecular flexibility index (Phi) is 5.34. The van der Waals surface area contributed by atoms with Gasteiger partial charge in [0, 0.05) is 11.1 Å². The minimum absolute atomic E-state index is 0.0234. The van der Waals surface area contributed by atoms with Gasteiger partial charge in [-0.25, -0.2) is 13.1 Å². The van der Waals surface area contributed by atoms with Crippen LogP contribution < -0.4 is 4.72 Å². The Morgan fingerprint density at radius 1 is 1.32 bits per heavy atom. The van der Waals surface area contributed by atoms with Crippen LogP contribution in [0.15, 0.2) is 24.3 Å². The Balaban J connectivity index is 2.97. The van der Waals surface area contributed by atoms with Gasteiger partial charge in [-0.3, -0.25) is 4.79 Å². The molecule has 0 aliphatic carbocycles. The number of hydrogen-bond donors (Lipinski definition) is 2. The van der Waals surface area contributed by atoms with Gasteiger partial charge in [-0.05, 0) is 23.6 Å². The highest BCUT2D eigenvalue weighted by molar-refractivity contribution is 7.90. The number of carbonyl (C=O) groups is 1. The fourth-order valence-electron chi connectivity index (χ4n) is 1.66. The summed E-state index contributed by atoms with van der Waals surface area (Å²) in [5, 5.41) is 9.13. The predicted octanol–water partition coefficient (Wildman–Crippen LogP) is 2.04. The second-order valence-electron chi connectivity index (χ2n) is 4.54. The molecule has 0 saturated heterocycles. The van der Waals surface area contributed by atoms with E-state index in [1.54, 1.807) is 24.3 Å². The fourth-order valence-corrected chi connectivity index (χ4v) is 2.99. The van der Waals surface area contributed by atoms with Crippen LogP contribution >= 0.6 is 11.6 Å². The summed E-state index contributed by atoms with van der Waals surface area (Å²) in [4.78, 5) is 10.5. The van der Waals surface area contributed by atoms with E-state index in [9.17, 15) is 13.2 Å². The Hall–Kier alpha value is -1.11. The van der Waals surface area contributed by atoms with Crippen LogP contribution in [-0.4, -0.2) is 25.2 Å². The van der Waals surface area contributed by atoms with E-state index in [0.717, 1.165) is 5.56 Å². The summed E-state index contributed by atoms with van der Waals surface area (Å²) in [5.74, 6) is -2.35. The van der Waals surface area contributed by atoms with Crippen molar-refractivity contribution in [2.24, 2.45) is 5.92 Å². The molecule has 0 bridgehead atoms. The van der Waals surface area contributed by atoms with Crippen molar-refractivity contribution < 1.29 is 18.3 Å². The predicted molar refractivity (Wildman–Crippen MR) is 73.6 cm³/mol. The molecule has 0 amide bonds. The second-order valence-corrected chi connectivity index (χ2v) is 6.73. The monoisotopic (exact) mass is 305 g/mol. The highest BCUT2D eigenvalue weighted by Gasteiger charge is 2.24. The van der Waals surface area contributed by atoms with Gasteiger partial charge in [-0.2, -0.15) is 0 Å². The zero-order valence-corrected chi connectivity index (χ0v) is 12.2. The van der Waals surface area contributed by atoms with E-state index in [4.69, 9.17) is 16.7 Å². The van der Waals surface area contributed by atoms with Crippen LogP contribution in [0.2, 0.25) is 5.02 Å². The largest absolute Gasteiger partial charge is 0.480 e. The van der Waals surface area contributed by atoms with Crippen LogP contribution in [0.1, 0.15) is 25.5 Å². The van der Waals surface area contributed by atoms with E-state index >= 15 is 0 Å². The molecule has 1 aromatic rings. The lowest BCUT2D eigenvalue weighted by molar-refractivity contribution is -0.134. The van der Waals surface area contributed by atoms with Crippen molar-refractivity contribution in [1.29, 1.82) is 0 Å². The maximum absolute atomic E-state index is 11.7. The Bertz CT molecular complexity index is 539. The summed E-state index contributed by atoms with van der Waals surface area (Å²) < 4.78 is 25.8. The Labute approximate surface area is 117 Å². The lowest BCUT2D eigenvalue weighted by Crippen LogP contribution is -2.35. The maximum Gasteiger partial charge on any atom is 0.320 e. The first kappa shape index (κ1) is 15.9. The third-order valence-corrected chi connectivity index (χ3v) is 4.01. The molecular formula is C12H16ClNO4S. The first-order valence-electron chi connectivity index (χ1n) is 5.68. The van der Waals surface area contributed by atoms with E-state index in [0.29, 0.717) is 5.02 Å². The average Bonchev–Trinajstić information content (AvgIpc) is 2.25. The molecule has 0 saturated carbocycles. The molecule has 0 aliphatic heterocycles. The number of rotatable bonds is 6. The topological polar surface area (TPSA) is 83.5 Å². The molecule has 5 nitrogen and oxygen atoms in total. The fraction of sp³-hybridized carbons (Fsp3) is 0.417. The van der Waals surface area contributed by atoms with E-state index in [-0.39, 0.29) is 5.92 Å². The molecule has 1 unspecified atom stereocenters. The van der Waals surface area contributed by atoms with Crippen LogP contribution in [0.3, 0.4) is 0 Å². The third-order valence-electron chi connectivity index (χ3n) is 2.52. The zero-order valence-electron chi connectivity index (χ0n) is 10.6. The standard InChI is InChI=1S/C12H16ClNO4S/c1-8(2)12(9-3-5-10(13)6-4-9)14-19(17,18)7-11(15)16/h3-6,8,12,14H,7H2,1-2H3,(H,15,16). The molecule has 106 valence electrons. The minimum Gasteiger partial charge on any atom is -0.480 e. The minimum atomic E-state index is -3.87. The summed E-state index contributed by atoms with van der Waals surface area (Å²) in [6, 6.07) is 6.28. The molecule has 0 radical (unpaired) electrons. The summed E-state index contributed by atoms with van der Waals surface area (Å²) in [6.45, 7) is 3.70. The van der Waals surface area contributed by atoms with Gasteiger partial charge in [-0.1, -0.05) is 37.6 Å². The van der Waals surface area contributed by atoms with E-state index < -0.39 is 27.8 Å². The van der Waals surface area contributed by atoms with Crippen molar-refractivity contribution in [2.75, 3.05) is 5.75 Å². The smallest absolute Gasteiger partial charge is 0.320 e. The van der Waals surface area contributed by atoms with Gasteiger partial charge in [0.25, 0.3) is 0 Å². The molecule has 7 heteroatoms. The number of halogens is 1.